The number of nitrogens with one attached hydrogen (secondary N) is 3. The summed E-state index contributed by atoms with van der Waals surface area (Å²) < 4.78 is 0. The molecule has 2 amide bonds. The quantitative estimate of drug-likeness (QED) is 0.751. The van der Waals surface area contributed by atoms with Gasteiger partial charge in [0.2, 0.25) is 0 Å². The van der Waals surface area contributed by atoms with E-state index in [1.54, 1.807) is 18.3 Å². The van der Waals surface area contributed by atoms with Gasteiger partial charge in [0, 0.05) is 11.1 Å². The Bertz CT molecular complexity index is 587. The zero-order valence-electron chi connectivity index (χ0n) is 10.7. The van der Waals surface area contributed by atoms with Crippen molar-refractivity contribution in [2.24, 2.45) is 0 Å². The molecule has 0 saturated heterocycles. The standard InChI is InChI=1S/C13H15N3O2S/c1-3-9-7-11(19-8(9)2)13(18)16-15-12(17)10-5-4-6-14-10/h4-7,14H,3H2,1-2H3,(H,15,17)(H,16,18). The van der Waals surface area contributed by atoms with Gasteiger partial charge in [-0.05, 0) is 37.1 Å². The highest BCUT2D eigenvalue weighted by Gasteiger charge is 2.13. The highest BCUT2D eigenvalue weighted by Crippen LogP contribution is 2.21. The number of H-pyrrole nitrogens is 1. The molecule has 2 aromatic heterocycles. The number of thiophene rings is 1. The fourth-order valence-electron chi connectivity index (χ4n) is 1.70. The van der Waals surface area contributed by atoms with Gasteiger partial charge in [-0.3, -0.25) is 20.4 Å². The average Bonchev–Trinajstić information content (AvgIpc) is 3.04. The van der Waals surface area contributed by atoms with Gasteiger partial charge in [-0.15, -0.1) is 11.3 Å². The first kappa shape index (κ1) is 13.4. The first-order valence-corrected chi connectivity index (χ1v) is 6.77. The minimum atomic E-state index is -0.373. The third kappa shape index (κ3) is 3.03. The molecule has 19 heavy (non-hydrogen) atoms. The number of carbonyl (C=O) groups excluding carboxylic acids is 2. The number of hydrazine groups is 1. The van der Waals surface area contributed by atoms with Crippen molar-refractivity contribution in [3.05, 3.63) is 45.4 Å². The number of aromatic nitrogens is 1. The summed E-state index contributed by atoms with van der Waals surface area (Å²) in [4.78, 5) is 28.0. The molecule has 0 aliphatic carbocycles. The Hall–Kier alpha value is -2.08. The Balaban J connectivity index is 1.96. The SMILES string of the molecule is CCc1cc(C(=O)NNC(=O)c2ccc[nH]2)sc1C. The molecule has 0 fully saturated rings. The molecule has 2 rings (SSSR count). The molecule has 0 bridgehead atoms. The Morgan fingerprint density at radius 1 is 1.32 bits per heavy atom. The molecule has 0 aliphatic heterocycles. The summed E-state index contributed by atoms with van der Waals surface area (Å²) in [5.41, 5.74) is 6.33. The van der Waals surface area contributed by atoms with Gasteiger partial charge in [-0.1, -0.05) is 6.92 Å². The molecule has 2 aromatic rings. The van der Waals surface area contributed by atoms with Crippen LogP contribution in [0.4, 0.5) is 0 Å². The molecule has 0 saturated carbocycles. The predicted molar refractivity (Wildman–Crippen MR) is 74.2 cm³/mol. The Labute approximate surface area is 115 Å². The van der Waals surface area contributed by atoms with Crippen molar-refractivity contribution in [1.29, 1.82) is 0 Å². The zero-order chi connectivity index (χ0) is 13.8. The lowest BCUT2D eigenvalue weighted by atomic mass is 10.2. The normalized spacial score (nSPS) is 10.2. The maximum atomic E-state index is 11.9. The molecule has 3 N–H and O–H groups in total. The lowest BCUT2D eigenvalue weighted by Gasteiger charge is -2.04. The lowest BCUT2D eigenvalue weighted by molar-refractivity contribution is 0.0846. The Kier molecular flexibility index (Phi) is 4.01. The summed E-state index contributed by atoms with van der Waals surface area (Å²) in [5, 5.41) is 0. The average molecular weight is 277 g/mol. The van der Waals surface area contributed by atoms with Crippen LogP contribution >= 0.6 is 11.3 Å². The molecule has 0 atom stereocenters. The highest BCUT2D eigenvalue weighted by molar-refractivity contribution is 7.14. The van der Waals surface area contributed by atoms with E-state index in [4.69, 9.17) is 0 Å². The Morgan fingerprint density at radius 3 is 2.63 bits per heavy atom. The smallest absolute Gasteiger partial charge is 0.286 e. The minimum Gasteiger partial charge on any atom is -0.357 e. The highest BCUT2D eigenvalue weighted by atomic mass is 32.1. The molecule has 6 heteroatoms. The van der Waals surface area contributed by atoms with E-state index in [-0.39, 0.29) is 11.8 Å². The predicted octanol–water partition coefficient (Wildman–Crippen LogP) is 2.02. The van der Waals surface area contributed by atoms with Gasteiger partial charge in [0.25, 0.3) is 11.8 Å². The van der Waals surface area contributed by atoms with Crippen LogP contribution < -0.4 is 10.9 Å². The summed E-state index contributed by atoms with van der Waals surface area (Å²) in [6.07, 6.45) is 2.54. The summed E-state index contributed by atoms with van der Waals surface area (Å²) in [6, 6.07) is 5.20. The molecule has 0 radical (unpaired) electrons. The van der Waals surface area contributed by atoms with Crippen LogP contribution in [-0.4, -0.2) is 16.8 Å². The van der Waals surface area contributed by atoms with Crippen molar-refractivity contribution < 1.29 is 9.59 Å². The summed E-state index contributed by atoms with van der Waals surface area (Å²) in [7, 11) is 0. The van der Waals surface area contributed by atoms with Gasteiger partial charge >= 0.3 is 0 Å². The van der Waals surface area contributed by atoms with Crippen LogP contribution in [0.5, 0.6) is 0 Å². The van der Waals surface area contributed by atoms with E-state index in [0.29, 0.717) is 10.6 Å². The van der Waals surface area contributed by atoms with Crippen LogP contribution in [0.25, 0.3) is 0 Å². The van der Waals surface area contributed by atoms with E-state index in [9.17, 15) is 9.59 Å². The molecule has 0 aromatic carbocycles. The van der Waals surface area contributed by atoms with Gasteiger partial charge < -0.3 is 4.98 Å². The minimum absolute atomic E-state index is 0.298. The zero-order valence-corrected chi connectivity index (χ0v) is 11.6. The first-order valence-electron chi connectivity index (χ1n) is 5.95. The van der Waals surface area contributed by atoms with E-state index >= 15 is 0 Å². The number of hydrogen-bond acceptors (Lipinski definition) is 3. The van der Waals surface area contributed by atoms with Crippen LogP contribution in [0.1, 0.15) is 37.5 Å². The molecule has 0 aliphatic rings. The molecule has 2 heterocycles. The fraction of sp³-hybridized carbons (Fsp3) is 0.231. The summed E-state index contributed by atoms with van der Waals surface area (Å²) in [6.45, 7) is 4.03. The van der Waals surface area contributed by atoms with E-state index < -0.39 is 0 Å². The van der Waals surface area contributed by atoms with Crippen molar-refractivity contribution in [2.75, 3.05) is 0 Å². The third-order valence-corrected chi connectivity index (χ3v) is 3.85. The number of aromatic amines is 1. The molecule has 0 spiro atoms. The number of aryl methyl sites for hydroxylation is 2. The van der Waals surface area contributed by atoms with Crippen LogP contribution in [0, 0.1) is 6.92 Å². The van der Waals surface area contributed by atoms with Gasteiger partial charge in [-0.2, -0.15) is 0 Å². The third-order valence-electron chi connectivity index (χ3n) is 2.76. The van der Waals surface area contributed by atoms with Crippen LogP contribution in [0.3, 0.4) is 0 Å². The van der Waals surface area contributed by atoms with Crippen molar-refractivity contribution in [3.63, 3.8) is 0 Å². The van der Waals surface area contributed by atoms with Crippen LogP contribution in [0.15, 0.2) is 24.4 Å². The van der Waals surface area contributed by atoms with Gasteiger partial charge in [0.1, 0.15) is 5.69 Å². The monoisotopic (exact) mass is 277 g/mol. The van der Waals surface area contributed by atoms with Crippen molar-refractivity contribution in [2.45, 2.75) is 20.3 Å². The van der Waals surface area contributed by atoms with Gasteiger partial charge in [-0.25, -0.2) is 0 Å². The second-order valence-electron chi connectivity index (χ2n) is 4.04. The van der Waals surface area contributed by atoms with E-state index in [1.807, 2.05) is 19.9 Å². The largest absolute Gasteiger partial charge is 0.357 e. The van der Waals surface area contributed by atoms with E-state index in [0.717, 1.165) is 16.9 Å². The molecular weight excluding hydrogens is 262 g/mol. The van der Waals surface area contributed by atoms with Crippen LogP contribution in [0.2, 0.25) is 0 Å². The van der Waals surface area contributed by atoms with E-state index in [2.05, 4.69) is 15.8 Å². The molecular formula is C13H15N3O2S. The first-order chi connectivity index (χ1) is 9.11. The van der Waals surface area contributed by atoms with Gasteiger partial charge in [0.05, 0.1) is 4.88 Å². The summed E-state index contributed by atoms with van der Waals surface area (Å²) >= 11 is 1.43. The number of rotatable bonds is 3. The number of carbonyl (C=O) groups is 2. The second kappa shape index (κ2) is 5.71. The summed E-state index contributed by atoms with van der Waals surface area (Å²) in [5.74, 6) is -0.671. The number of hydrogen-bond donors (Lipinski definition) is 3. The molecule has 100 valence electrons. The molecule has 5 nitrogen and oxygen atoms in total. The number of amides is 2. The maximum absolute atomic E-state index is 11.9. The lowest BCUT2D eigenvalue weighted by Crippen LogP contribution is -2.41. The topological polar surface area (TPSA) is 74.0 Å². The van der Waals surface area contributed by atoms with E-state index in [1.165, 1.54) is 11.3 Å². The van der Waals surface area contributed by atoms with Crippen molar-refractivity contribution >= 4 is 23.2 Å². The second-order valence-corrected chi connectivity index (χ2v) is 5.29. The Morgan fingerprint density at radius 2 is 2.05 bits per heavy atom. The van der Waals surface area contributed by atoms with Crippen LogP contribution in [-0.2, 0) is 6.42 Å². The molecule has 0 unspecified atom stereocenters. The fourth-order valence-corrected chi connectivity index (χ4v) is 2.71. The maximum Gasteiger partial charge on any atom is 0.286 e. The van der Waals surface area contributed by atoms with Crippen molar-refractivity contribution in [3.8, 4) is 0 Å². The van der Waals surface area contributed by atoms with Gasteiger partial charge in [0.15, 0.2) is 0 Å². The van der Waals surface area contributed by atoms with Crippen molar-refractivity contribution in [1.82, 2.24) is 15.8 Å².